The van der Waals surface area contributed by atoms with Crippen molar-refractivity contribution in [1.29, 1.82) is 0 Å². The van der Waals surface area contributed by atoms with E-state index in [1.807, 2.05) is 12.1 Å². The minimum Gasteiger partial charge on any atom is -0.492 e. The van der Waals surface area contributed by atoms with Crippen LogP contribution in [0.3, 0.4) is 0 Å². The van der Waals surface area contributed by atoms with E-state index < -0.39 is 15.3 Å². The van der Waals surface area contributed by atoms with Gasteiger partial charge in [0.05, 0.1) is 7.05 Å². The summed E-state index contributed by atoms with van der Waals surface area (Å²) in [5.41, 5.74) is 2.15. The highest BCUT2D eigenvalue weighted by molar-refractivity contribution is 7.79. The first kappa shape index (κ1) is 26.5. The predicted molar refractivity (Wildman–Crippen MR) is 127 cm³/mol. The fourth-order valence-corrected chi connectivity index (χ4v) is 4.13. The van der Waals surface area contributed by atoms with Crippen molar-refractivity contribution in [2.45, 2.75) is 32.1 Å². The smallest absolute Gasteiger partial charge is 0.394 e. The first-order valence-electron chi connectivity index (χ1n) is 11.1. The number of nitrogens with zero attached hydrogens (tertiary/aromatic N) is 4. The van der Waals surface area contributed by atoms with E-state index in [4.69, 9.17) is 22.3 Å². The van der Waals surface area contributed by atoms with Crippen molar-refractivity contribution in [3.8, 4) is 5.75 Å². The number of aromatic nitrogens is 2. The van der Waals surface area contributed by atoms with Crippen molar-refractivity contribution < 1.29 is 32.0 Å². The summed E-state index contributed by atoms with van der Waals surface area (Å²) >= 11 is 0. The lowest BCUT2D eigenvalue weighted by molar-refractivity contribution is -0.391. The van der Waals surface area contributed by atoms with Gasteiger partial charge in [0.15, 0.2) is 5.78 Å². The minimum absolute atomic E-state index is 0.0632. The molecule has 1 aliphatic heterocycles. The number of hydrogen-bond acceptors (Lipinski definition) is 8. The van der Waals surface area contributed by atoms with E-state index >= 15 is 0 Å². The largest absolute Gasteiger partial charge is 0.492 e. The summed E-state index contributed by atoms with van der Waals surface area (Å²) in [4.78, 5) is 29.8. The number of ketones is 1. The number of fused-ring (bicyclic) bond motifs is 1. The van der Waals surface area contributed by atoms with Crippen molar-refractivity contribution in [2.24, 2.45) is 7.05 Å². The van der Waals surface area contributed by atoms with Crippen molar-refractivity contribution in [1.82, 2.24) is 14.5 Å². The van der Waals surface area contributed by atoms with Gasteiger partial charge in [-0.15, -0.1) is 0 Å². The predicted octanol–water partition coefficient (Wildman–Crippen LogP) is 2.75. The first-order chi connectivity index (χ1) is 16.5. The Kier molecular flexibility index (Phi) is 8.72. The molecule has 1 aromatic heterocycles. The molecule has 190 valence electrons. The third kappa shape index (κ3) is 7.68. The summed E-state index contributed by atoms with van der Waals surface area (Å²) < 4.78 is 38.9. The molecule has 1 saturated heterocycles. The summed E-state index contributed by atoms with van der Waals surface area (Å²) in [5, 5.41) is 11.0. The molecule has 4 rings (SSSR count). The highest BCUT2D eigenvalue weighted by atomic mass is 32.3. The normalized spacial score (nSPS) is 17.5. The molecule has 0 spiro atoms. The van der Waals surface area contributed by atoms with Crippen LogP contribution in [0.1, 0.15) is 47.4 Å². The van der Waals surface area contributed by atoms with E-state index in [-0.39, 0.29) is 11.6 Å². The van der Waals surface area contributed by atoms with Gasteiger partial charge in [-0.25, -0.2) is 9.55 Å². The molecule has 0 radical (unpaired) electrons. The van der Waals surface area contributed by atoms with Crippen LogP contribution in [0.5, 0.6) is 5.75 Å². The highest BCUT2D eigenvalue weighted by Gasteiger charge is 2.27. The van der Waals surface area contributed by atoms with Gasteiger partial charge in [0.1, 0.15) is 18.6 Å². The maximum absolute atomic E-state index is 12.7. The number of hydrogen-bond donors (Lipinski definition) is 2. The zero-order valence-electron chi connectivity index (χ0n) is 19.3. The van der Waals surface area contributed by atoms with Crippen LogP contribution in [0.15, 0.2) is 30.0 Å². The molecule has 0 bridgehead atoms. The zero-order valence-corrected chi connectivity index (χ0v) is 20.1. The van der Waals surface area contributed by atoms with Crippen LogP contribution in [-0.4, -0.2) is 68.9 Å². The number of carbonyl (C=O) groups excluding carboxylic acids is 1. The quantitative estimate of drug-likeness (QED) is 0.256. The van der Waals surface area contributed by atoms with Gasteiger partial charge in [0.25, 0.3) is 0 Å². The number of nitro groups is 1. The van der Waals surface area contributed by atoms with Crippen LogP contribution in [0, 0.1) is 10.1 Å². The summed E-state index contributed by atoms with van der Waals surface area (Å²) in [6, 6.07) is 5.58. The number of benzene rings is 1. The lowest BCUT2D eigenvalue weighted by Gasteiger charge is -2.19. The lowest BCUT2D eigenvalue weighted by atomic mass is 10.1. The molecule has 2 heterocycles. The Hall–Kier alpha value is -3.13. The monoisotopic (exact) mass is 508 g/mol. The Balaban J connectivity index is 0.000000623. The number of likely N-dealkylation sites (tertiary alicyclic amines) is 1. The Morgan fingerprint density at radius 2 is 1.86 bits per heavy atom. The molecule has 1 aliphatic carbocycles. The van der Waals surface area contributed by atoms with Gasteiger partial charge in [-0.05, 0) is 54.6 Å². The van der Waals surface area contributed by atoms with Gasteiger partial charge in [-0.2, -0.15) is 8.42 Å². The topological polar surface area (TPSA) is 165 Å². The summed E-state index contributed by atoms with van der Waals surface area (Å²) in [6.07, 6.45) is 8.46. The Morgan fingerprint density at radius 1 is 1.20 bits per heavy atom. The standard InChI is InChI=1S/C22H26N4O4.H2O4S/c1-24-20(23-15-21(24)26(28)29)14-17-12-16-13-18(6-7-19(16)22(17)27)30-11-10-25-8-4-2-3-5-9-25;1-5(2,3)4/h6-7,13-15H,2-5,8-12H2,1H3;(H2,1,2,3,4)/b17-14-;. The maximum atomic E-state index is 12.7. The van der Waals surface area contributed by atoms with E-state index in [1.165, 1.54) is 36.4 Å². The second-order valence-corrected chi connectivity index (χ2v) is 9.23. The molecule has 0 saturated carbocycles. The SMILES string of the molecule is Cn1c([N+](=O)[O-])cnc1/C=C1/Cc2cc(OCCN3CCCCCC3)ccc2C1=O.O=S(=O)(O)O. The Bertz CT molecular complexity index is 1210. The molecule has 13 heteroatoms. The maximum Gasteiger partial charge on any atom is 0.394 e. The van der Waals surface area contributed by atoms with Gasteiger partial charge >= 0.3 is 16.2 Å². The molecule has 35 heavy (non-hydrogen) atoms. The second kappa shape index (κ2) is 11.5. The molecular weight excluding hydrogens is 480 g/mol. The third-order valence-electron chi connectivity index (χ3n) is 5.86. The van der Waals surface area contributed by atoms with Crippen molar-refractivity contribution in [3.05, 3.63) is 57.0 Å². The second-order valence-electron chi connectivity index (χ2n) is 8.34. The van der Waals surface area contributed by atoms with E-state index in [0.717, 1.165) is 30.9 Å². The van der Waals surface area contributed by atoms with E-state index in [0.29, 0.717) is 30.0 Å². The van der Waals surface area contributed by atoms with Crippen LogP contribution in [0.2, 0.25) is 0 Å². The fourth-order valence-electron chi connectivity index (χ4n) is 4.13. The third-order valence-corrected chi connectivity index (χ3v) is 5.86. The van der Waals surface area contributed by atoms with Crippen molar-refractivity contribution in [2.75, 3.05) is 26.2 Å². The molecular formula is C22H28N4O8S. The molecule has 2 aromatic rings. The van der Waals surface area contributed by atoms with Crippen LogP contribution in [-0.2, 0) is 23.9 Å². The first-order valence-corrected chi connectivity index (χ1v) is 12.5. The number of allylic oxidation sites excluding steroid dienone is 1. The zero-order chi connectivity index (χ0) is 25.6. The van der Waals surface area contributed by atoms with Crippen LogP contribution in [0.4, 0.5) is 5.82 Å². The van der Waals surface area contributed by atoms with Crippen LogP contribution < -0.4 is 4.74 Å². The molecule has 0 unspecified atom stereocenters. The van der Waals surface area contributed by atoms with Crippen molar-refractivity contribution in [3.63, 3.8) is 0 Å². The molecule has 0 atom stereocenters. The number of imidazole rings is 1. The molecule has 2 N–H and O–H groups in total. The van der Waals surface area contributed by atoms with Gasteiger partial charge in [0, 0.05) is 30.2 Å². The fraction of sp³-hybridized carbons (Fsp3) is 0.455. The van der Waals surface area contributed by atoms with E-state index in [1.54, 1.807) is 19.2 Å². The average molecular weight is 509 g/mol. The van der Waals surface area contributed by atoms with Gasteiger partial charge in [-0.3, -0.25) is 18.8 Å². The van der Waals surface area contributed by atoms with Crippen LogP contribution >= 0.6 is 0 Å². The molecule has 2 aliphatic rings. The molecule has 1 fully saturated rings. The van der Waals surface area contributed by atoms with Gasteiger partial charge < -0.3 is 14.9 Å². The average Bonchev–Trinajstić information content (AvgIpc) is 3.15. The highest BCUT2D eigenvalue weighted by Crippen LogP contribution is 2.31. The minimum atomic E-state index is -4.67. The van der Waals surface area contributed by atoms with E-state index in [2.05, 4.69) is 9.88 Å². The van der Waals surface area contributed by atoms with Gasteiger partial charge in [-0.1, -0.05) is 12.8 Å². The molecule has 0 amide bonds. The lowest BCUT2D eigenvalue weighted by Crippen LogP contribution is -2.29. The van der Waals surface area contributed by atoms with Gasteiger partial charge in [0.2, 0.25) is 5.82 Å². The summed E-state index contributed by atoms with van der Waals surface area (Å²) in [6.45, 7) is 3.83. The molecule has 12 nitrogen and oxygen atoms in total. The summed E-state index contributed by atoms with van der Waals surface area (Å²) in [7, 11) is -3.10. The molecule has 1 aromatic carbocycles. The number of rotatable bonds is 6. The number of Topliss-reactive ketones (excluding diaryl/α,β-unsaturated/α-hetero) is 1. The Morgan fingerprint density at radius 3 is 2.46 bits per heavy atom. The Labute approximate surface area is 202 Å². The van der Waals surface area contributed by atoms with E-state index in [9.17, 15) is 14.9 Å². The van der Waals surface area contributed by atoms with Crippen LogP contribution in [0.25, 0.3) is 6.08 Å². The number of carbonyl (C=O) groups is 1. The van der Waals surface area contributed by atoms with Crippen molar-refractivity contribution >= 4 is 28.1 Å². The number of ether oxygens (including phenoxy) is 1. The summed E-state index contributed by atoms with van der Waals surface area (Å²) in [5.74, 6) is 0.994.